The quantitative estimate of drug-likeness (QED) is 0.345. The fourth-order valence-electron chi connectivity index (χ4n) is 6.24. The highest BCUT2D eigenvalue weighted by Crippen LogP contribution is 2.45. The number of aryl methyl sites for hydroxylation is 1. The number of hydrogen-bond donors (Lipinski definition) is 1. The van der Waals surface area contributed by atoms with Crippen molar-refractivity contribution in [3.63, 3.8) is 0 Å². The zero-order chi connectivity index (χ0) is 27.9. The van der Waals surface area contributed by atoms with E-state index in [1.165, 1.54) is 11.1 Å². The molecule has 2 aliphatic heterocycles. The van der Waals surface area contributed by atoms with Crippen LogP contribution in [0.15, 0.2) is 103 Å². The summed E-state index contributed by atoms with van der Waals surface area (Å²) in [4.78, 5) is 18.8. The molecule has 0 radical (unpaired) electrons. The van der Waals surface area contributed by atoms with Gasteiger partial charge < -0.3 is 14.8 Å². The van der Waals surface area contributed by atoms with Crippen molar-refractivity contribution in [2.45, 2.75) is 63.7 Å². The van der Waals surface area contributed by atoms with E-state index in [0.717, 1.165) is 34.6 Å². The van der Waals surface area contributed by atoms with Gasteiger partial charge in [-0.2, -0.15) is 0 Å². The molecule has 0 bridgehead atoms. The highest BCUT2D eigenvalue weighted by atomic mass is 16.5. The second kappa shape index (κ2) is 10.1. The third-order valence-corrected chi connectivity index (χ3v) is 8.34. The largest absolute Gasteiger partial charge is 0.487 e. The molecule has 1 amide bonds. The van der Waals surface area contributed by atoms with Gasteiger partial charge in [0.1, 0.15) is 23.0 Å². The predicted molar refractivity (Wildman–Crippen MR) is 157 cm³/mol. The van der Waals surface area contributed by atoms with E-state index in [0.29, 0.717) is 25.1 Å². The van der Waals surface area contributed by atoms with Crippen molar-refractivity contribution < 1.29 is 14.3 Å². The normalized spacial score (nSPS) is 25.0. The summed E-state index contributed by atoms with van der Waals surface area (Å²) in [5, 5.41) is 3.41. The first-order valence-electron chi connectivity index (χ1n) is 14.1. The Labute approximate surface area is 236 Å². The van der Waals surface area contributed by atoms with Crippen LogP contribution in [0.5, 0.6) is 11.6 Å². The number of fused-ring (bicyclic) bond motifs is 1. The number of para-hydroxylation sites is 1. The second-order valence-electron chi connectivity index (χ2n) is 11.8. The van der Waals surface area contributed by atoms with Gasteiger partial charge in [-0.15, -0.1) is 0 Å². The molecule has 3 atom stereocenters. The van der Waals surface area contributed by atoms with E-state index in [-0.39, 0.29) is 23.5 Å². The summed E-state index contributed by atoms with van der Waals surface area (Å²) in [6.45, 7) is 10.7. The number of benzene rings is 2. The second-order valence-corrected chi connectivity index (χ2v) is 11.8. The van der Waals surface area contributed by atoms with Gasteiger partial charge in [0.2, 0.25) is 11.8 Å². The average Bonchev–Trinajstić information content (AvgIpc) is 3.47. The van der Waals surface area contributed by atoms with E-state index in [1.807, 2.05) is 48.5 Å². The highest BCUT2D eigenvalue weighted by Gasteiger charge is 2.46. The lowest BCUT2D eigenvalue weighted by molar-refractivity contribution is -0.127. The average molecular weight is 533 g/mol. The molecule has 1 N–H and O–H groups in total. The summed E-state index contributed by atoms with van der Waals surface area (Å²) >= 11 is 0. The molecule has 3 unspecified atom stereocenters. The lowest BCUT2D eigenvalue weighted by atomic mass is 9.72. The van der Waals surface area contributed by atoms with Crippen LogP contribution in [0.1, 0.15) is 61.6 Å². The summed E-state index contributed by atoms with van der Waals surface area (Å²) in [6, 6.07) is 22.1. The number of amides is 1. The van der Waals surface area contributed by atoms with E-state index >= 15 is 0 Å². The van der Waals surface area contributed by atoms with Crippen LogP contribution in [0.25, 0.3) is 0 Å². The van der Waals surface area contributed by atoms with Crippen LogP contribution < -0.4 is 14.8 Å². The van der Waals surface area contributed by atoms with Crippen LogP contribution in [0.4, 0.5) is 0 Å². The highest BCUT2D eigenvalue weighted by molar-refractivity contribution is 5.85. The molecule has 1 fully saturated rings. The van der Waals surface area contributed by atoms with Gasteiger partial charge in [0.15, 0.2) is 0 Å². The van der Waals surface area contributed by atoms with Crippen LogP contribution in [0.2, 0.25) is 0 Å². The van der Waals surface area contributed by atoms with Crippen LogP contribution in [0, 0.1) is 12.8 Å². The SMILES string of the molecule is C=C1CC(C2=CCC=C2)(c2cccc(OC3CC(C)(C)Oc4ccccc43)n2)NC(=O)C1Cc1ccccc1C. The van der Waals surface area contributed by atoms with Gasteiger partial charge >= 0.3 is 0 Å². The summed E-state index contributed by atoms with van der Waals surface area (Å²) in [7, 11) is 0. The monoisotopic (exact) mass is 532 g/mol. The Balaban J connectivity index is 1.32. The van der Waals surface area contributed by atoms with Crippen molar-refractivity contribution in [3.8, 4) is 11.6 Å². The lowest BCUT2D eigenvalue weighted by Crippen LogP contribution is -2.54. The van der Waals surface area contributed by atoms with Crippen molar-refractivity contribution in [1.29, 1.82) is 0 Å². The maximum atomic E-state index is 13.8. The minimum Gasteiger partial charge on any atom is -0.487 e. The smallest absolute Gasteiger partial charge is 0.228 e. The maximum absolute atomic E-state index is 13.8. The molecule has 3 aliphatic rings. The van der Waals surface area contributed by atoms with E-state index in [4.69, 9.17) is 14.5 Å². The van der Waals surface area contributed by atoms with Gasteiger partial charge in [0, 0.05) is 24.5 Å². The van der Waals surface area contributed by atoms with Gasteiger partial charge in [-0.25, -0.2) is 4.98 Å². The van der Waals surface area contributed by atoms with Crippen molar-refractivity contribution in [1.82, 2.24) is 10.3 Å². The molecule has 3 aromatic rings. The Morgan fingerprint density at radius 3 is 2.65 bits per heavy atom. The van der Waals surface area contributed by atoms with Gasteiger partial charge in [-0.1, -0.05) is 78.9 Å². The van der Waals surface area contributed by atoms with Crippen molar-refractivity contribution in [3.05, 3.63) is 125 Å². The van der Waals surface area contributed by atoms with Crippen molar-refractivity contribution in [2.24, 2.45) is 5.92 Å². The molecular formula is C35H36N2O3. The Bertz CT molecular complexity index is 1510. The molecule has 0 saturated carbocycles. The molecule has 1 aliphatic carbocycles. The van der Waals surface area contributed by atoms with Crippen LogP contribution in [-0.4, -0.2) is 16.5 Å². The summed E-state index contributed by atoms with van der Waals surface area (Å²) in [5.74, 6) is 1.06. The number of carbonyl (C=O) groups is 1. The molecule has 1 saturated heterocycles. The van der Waals surface area contributed by atoms with Gasteiger partial charge in [-0.3, -0.25) is 4.79 Å². The standard InChI is InChI=1S/C35H36N2O3/c1-23-12-5-6-13-25(23)20-28-24(2)21-35(37-33(28)38,26-14-7-8-15-26)31-18-11-19-32(36-31)39-30-22-34(3,4)40-29-17-10-9-16-27(29)30/h5-7,9-19,28,30H,2,8,20-22H2,1,3-4H3,(H,37,38). The fourth-order valence-corrected chi connectivity index (χ4v) is 6.24. The minimum atomic E-state index is -0.796. The van der Waals surface area contributed by atoms with Gasteiger partial charge in [0.25, 0.3) is 0 Å². The number of rotatable bonds is 6. The zero-order valence-electron chi connectivity index (χ0n) is 23.4. The lowest BCUT2D eigenvalue weighted by Gasteiger charge is -2.42. The van der Waals surface area contributed by atoms with Crippen molar-refractivity contribution >= 4 is 5.91 Å². The number of pyridine rings is 1. The van der Waals surface area contributed by atoms with Gasteiger partial charge in [0.05, 0.1) is 11.6 Å². The summed E-state index contributed by atoms with van der Waals surface area (Å²) in [5.41, 5.74) is 4.93. The zero-order valence-corrected chi connectivity index (χ0v) is 23.4. The van der Waals surface area contributed by atoms with E-state index in [1.54, 1.807) is 0 Å². The number of hydrogen-bond acceptors (Lipinski definition) is 4. The molecule has 204 valence electrons. The molecule has 5 heteroatoms. The Morgan fingerprint density at radius 2 is 1.88 bits per heavy atom. The molecule has 0 spiro atoms. The van der Waals surface area contributed by atoms with Crippen LogP contribution in [0.3, 0.4) is 0 Å². The first-order chi connectivity index (χ1) is 19.2. The number of piperidine rings is 1. The number of nitrogens with one attached hydrogen (secondary N) is 1. The number of carbonyl (C=O) groups excluding carboxylic acids is 1. The Kier molecular flexibility index (Phi) is 6.61. The number of aromatic nitrogens is 1. The first-order valence-corrected chi connectivity index (χ1v) is 14.1. The van der Waals surface area contributed by atoms with E-state index in [9.17, 15) is 4.79 Å². The number of ether oxygens (including phenoxy) is 2. The summed E-state index contributed by atoms with van der Waals surface area (Å²) in [6.07, 6.45) is 8.93. The van der Waals surface area contributed by atoms with Crippen LogP contribution in [-0.2, 0) is 16.8 Å². The van der Waals surface area contributed by atoms with Crippen LogP contribution >= 0.6 is 0 Å². The molecule has 2 aromatic carbocycles. The molecule has 3 heterocycles. The summed E-state index contributed by atoms with van der Waals surface area (Å²) < 4.78 is 12.8. The van der Waals surface area contributed by atoms with Crippen molar-refractivity contribution in [2.75, 3.05) is 0 Å². The third-order valence-electron chi connectivity index (χ3n) is 8.34. The minimum absolute atomic E-state index is 0.0195. The molecule has 5 nitrogen and oxygen atoms in total. The molecule has 6 rings (SSSR count). The predicted octanol–water partition coefficient (Wildman–Crippen LogP) is 7.09. The fraction of sp³-hybridized carbons (Fsp3) is 0.314. The molecule has 1 aromatic heterocycles. The molecular weight excluding hydrogens is 496 g/mol. The number of allylic oxidation sites excluding steroid dienone is 2. The Hall–Kier alpha value is -4.12. The Morgan fingerprint density at radius 1 is 1.07 bits per heavy atom. The van der Waals surface area contributed by atoms with E-state index in [2.05, 4.69) is 69.1 Å². The van der Waals surface area contributed by atoms with Gasteiger partial charge in [-0.05, 0) is 62.4 Å². The third kappa shape index (κ3) is 4.85. The van der Waals surface area contributed by atoms with E-state index < -0.39 is 5.54 Å². The topological polar surface area (TPSA) is 60.5 Å². The number of nitrogens with zero attached hydrogens (tertiary/aromatic N) is 1. The maximum Gasteiger partial charge on any atom is 0.228 e. The molecule has 40 heavy (non-hydrogen) atoms. The first kappa shape index (κ1) is 26.1.